The SMILES string of the molecule is CC.CC(=O)c1sccc1C(=O)NC(C)C. The van der Waals surface area contributed by atoms with Gasteiger partial charge in [-0.05, 0) is 32.2 Å². The first-order chi connectivity index (χ1) is 7.52. The molecule has 0 radical (unpaired) electrons. The first kappa shape index (κ1) is 14.8. The molecule has 0 bridgehead atoms. The predicted octanol–water partition coefficient (Wildman–Crippen LogP) is 3.12. The summed E-state index contributed by atoms with van der Waals surface area (Å²) in [7, 11) is 0. The molecule has 16 heavy (non-hydrogen) atoms. The van der Waals surface area contributed by atoms with Gasteiger partial charge in [-0.2, -0.15) is 0 Å². The zero-order valence-electron chi connectivity index (χ0n) is 10.5. The zero-order chi connectivity index (χ0) is 12.7. The van der Waals surface area contributed by atoms with Crippen molar-refractivity contribution in [3.63, 3.8) is 0 Å². The van der Waals surface area contributed by atoms with Gasteiger partial charge in [0.2, 0.25) is 0 Å². The summed E-state index contributed by atoms with van der Waals surface area (Å²) in [6.45, 7) is 9.24. The van der Waals surface area contributed by atoms with Crippen LogP contribution in [0.15, 0.2) is 11.4 Å². The summed E-state index contributed by atoms with van der Waals surface area (Å²) in [4.78, 5) is 23.3. The second kappa shape index (κ2) is 7.17. The van der Waals surface area contributed by atoms with Gasteiger partial charge in [0.05, 0.1) is 10.4 Å². The standard InChI is InChI=1S/C10H13NO2S.C2H6/c1-6(2)11-10(13)8-4-5-14-9(8)7(3)12;1-2/h4-6H,1-3H3,(H,11,13);1-2H3. The lowest BCUT2D eigenvalue weighted by Crippen LogP contribution is -2.30. The Labute approximate surface area is 101 Å². The number of carbonyl (C=O) groups excluding carboxylic acids is 2. The quantitative estimate of drug-likeness (QED) is 0.826. The van der Waals surface area contributed by atoms with Gasteiger partial charge in [0.1, 0.15) is 0 Å². The third-order valence-electron chi connectivity index (χ3n) is 1.65. The van der Waals surface area contributed by atoms with Crippen molar-refractivity contribution in [3.8, 4) is 0 Å². The number of hydrogen-bond donors (Lipinski definition) is 1. The van der Waals surface area contributed by atoms with Crippen LogP contribution in [0.5, 0.6) is 0 Å². The molecule has 1 aromatic rings. The van der Waals surface area contributed by atoms with Crippen LogP contribution in [0.25, 0.3) is 0 Å². The van der Waals surface area contributed by atoms with Crippen LogP contribution in [0.3, 0.4) is 0 Å². The lowest BCUT2D eigenvalue weighted by molar-refractivity contribution is 0.0931. The van der Waals surface area contributed by atoms with Crippen LogP contribution in [0.1, 0.15) is 54.6 Å². The molecule has 0 aliphatic heterocycles. The van der Waals surface area contributed by atoms with Crippen molar-refractivity contribution in [1.29, 1.82) is 0 Å². The number of hydrogen-bond acceptors (Lipinski definition) is 3. The topological polar surface area (TPSA) is 46.2 Å². The number of carbonyl (C=O) groups is 2. The summed E-state index contributed by atoms with van der Waals surface area (Å²) in [5.41, 5.74) is 0.483. The van der Waals surface area contributed by atoms with E-state index in [4.69, 9.17) is 0 Å². The van der Waals surface area contributed by atoms with Crippen LogP contribution in [-0.4, -0.2) is 17.7 Å². The molecule has 1 aromatic heterocycles. The van der Waals surface area contributed by atoms with Gasteiger partial charge < -0.3 is 5.32 Å². The van der Waals surface area contributed by atoms with E-state index in [1.54, 1.807) is 11.4 Å². The highest BCUT2D eigenvalue weighted by Gasteiger charge is 2.15. The summed E-state index contributed by atoms with van der Waals surface area (Å²) >= 11 is 1.30. The lowest BCUT2D eigenvalue weighted by atomic mass is 10.2. The summed E-state index contributed by atoms with van der Waals surface area (Å²) < 4.78 is 0. The fourth-order valence-electron chi connectivity index (χ4n) is 1.10. The number of ketones is 1. The van der Waals surface area contributed by atoms with Gasteiger partial charge in [-0.3, -0.25) is 9.59 Å². The molecule has 90 valence electrons. The van der Waals surface area contributed by atoms with Crippen LogP contribution >= 0.6 is 11.3 Å². The molecule has 0 fully saturated rings. The summed E-state index contributed by atoms with van der Waals surface area (Å²) in [6, 6.07) is 1.77. The molecule has 0 saturated carbocycles. The minimum absolute atomic E-state index is 0.0612. The summed E-state index contributed by atoms with van der Waals surface area (Å²) in [6.07, 6.45) is 0. The molecular formula is C12H19NO2S. The maximum absolute atomic E-state index is 11.6. The Bertz CT molecular complexity index is 356. The van der Waals surface area contributed by atoms with E-state index in [1.165, 1.54) is 18.3 Å². The number of rotatable bonds is 3. The van der Waals surface area contributed by atoms with Crippen molar-refractivity contribution in [2.24, 2.45) is 0 Å². The van der Waals surface area contributed by atoms with Crippen LogP contribution in [0.2, 0.25) is 0 Å². The second-order valence-electron chi connectivity index (χ2n) is 3.35. The van der Waals surface area contributed by atoms with Gasteiger partial charge in [0.15, 0.2) is 5.78 Å². The Hall–Kier alpha value is -1.16. The molecule has 0 atom stereocenters. The van der Waals surface area contributed by atoms with Crippen LogP contribution in [-0.2, 0) is 0 Å². The zero-order valence-corrected chi connectivity index (χ0v) is 11.3. The number of nitrogens with one attached hydrogen (secondary N) is 1. The van der Waals surface area contributed by atoms with Crippen molar-refractivity contribution in [3.05, 3.63) is 21.9 Å². The van der Waals surface area contributed by atoms with Gasteiger partial charge in [0, 0.05) is 6.04 Å². The van der Waals surface area contributed by atoms with E-state index < -0.39 is 0 Å². The molecule has 1 amide bonds. The first-order valence-corrected chi connectivity index (χ1v) is 6.29. The average Bonchev–Trinajstić information content (AvgIpc) is 2.68. The van der Waals surface area contributed by atoms with E-state index in [-0.39, 0.29) is 17.7 Å². The van der Waals surface area contributed by atoms with E-state index in [0.717, 1.165) is 0 Å². The average molecular weight is 241 g/mol. The van der Waals surface area contributed by atoms with Crippen LogP contribution < -0.4 is 5.32 Å². The van der Waals surface area contributed by atoms with Crippen molar-refractivity contribution in [2.45, 2.75) is 40.7 Å². The lowest BCUT2D eigenvalue weighted by Gasteiger charge is -2.07. The molecule has 1 N–H and O–H groups in total. The molecule has 0 aliphatic carbocycles. The van der Waals surface area contributed by atoms with E-state index in [9.17, 15) is 9.59 Å². The van der Waals surface area contributed by atoms with Crippen LogP contribution in [0, 0.1) is 0 Å². The van der Waals surface area contributed by atoms with Gasteiger partial charge in [0.25, 0.3) is 5.91 Å². The number of thiophene rings is 1. The first-order valence-electron chi connectivity index (χ1n) is 5.41. The third kappa shape index (κ3) is 4.14. The van der Waals surface area contributed by atoms with E-state index in [2.05, 4.69) is 5.32 Å². The summed E-state index contributed by atoms with van der Waals surface area (Å²) in [5.74, 6) is -0.236. The molecule has 0 saturated heterocycles. The second-order valence-corrected chi connectivity index (χ2v) is 4.26. The van der Waals surface area contributed by atoms with E-state index in [0.29, 0.717) is 10.4 Å². The highest BCUT2D eigenvalue weighted by molar-refractivity contribution is 7.12. The largest absolute Gasteiger partial charge is 0.350 e. The molecule has 1 heterocycles. The molecule has 0 aromatic carbocycles. The highest BCUT2D eigenvalue weighted by atomic mass is 32.1. The van der Waals surface area contributed by atoms with Crippen LogP contribution in [0.4, 0.5) is 0 Å². The smallest absolute Gasteiger partial charge is 0.253 e. The van der Waals surface area contributed by atoms with Gasteiger partial charge >= 0.3 is 0 Å². The molecule has 1 rings (SSSR count). The Kier molecular flexibility index (Phi) is 6.65. The van der Waals surface area contributed by atoms with Gasteiger partial charge in [-0.25, -0.2) is 0 Å². The molecule has 3 nitrogen and oxygen atoms in total. The Morgan fingerprint density at radius 2 is 1.88 bits per heavy atom. The molecule has 0 spiro atoms. The predicted molar refractivity (Wildman–Crippen MR) is 68.3 cm³/mol. The van der Waals surface area contributed by atoms with E-state index >= 15 is 0 Å². The van der Waals surface area contributed by atoms with Gasteiger partial charge in [-0.15, -0.1) is 11.3 Å². The molecule has 0 aliphatic rings. The minimum Gasteiger partial charge on any atom is -0.350 e. The van der Waals surface area contributed by atoms with Crippen molar-refractivity contribution < 1.29 is 9.59 Å². The third-order valence-corrected chi connectivity index (χ3v) is 2.66. The van der Waals surface area contributed by atoms with Crippen molar-refractivity contribution in [2.75, 3.05) is 0 Å². The Balaban J connectivity index is 0.00000106. The molecular weight excluding hydrogens is 222 g/mol. The highest BCUT2D eigenvalue weighted by Crippen LogP contribution is 2.17. The monoisotopic (exact) mass is 241 g/mol. The maximum atomic E-state index is 11.6. The fraction of sp³-hybridized carbons (Fsp3) is 0.500. The molecule has 4 heteroatoms. The Morgan fingerprint density at radius 1 is 1.31 bits per heavy atom. The normalized spacial score (nSPS) is 9.38. The van der Waals surface area contributed by atoms with Crippen molar-refractivity contribution in [1.82, 2.24) is 5.32 Å². The molecule has 0 unspecified atom stereocenters. The Morgan fingerprint density at radius 3 is 2.31 bits per heavy atom. The van der Waals surface area contributed by atoms with Gasteiger partial charge in [-0.1, -0.05) is 13.8 Å². The summed E-state index contributed by atoms with van der Waals surface area (Å²) in [5, 5.41) is 4.51. The number of amides is 1. The van der Waals surface area contributed by atoms with E-state index in [1.807, 2.05) is 27.7 Å². The minimum atomic E-state index is -0.175. The fourth-order valence-corrected chi connectivity index (χ4v) is 1.89. The number of Topliss-reactive ketones (excluding diaryl/α,β-unsaturated/α-hetero) is 1. The maximum Gasteiger partial charge on any atom is 0.253 e. The van der Waals surface area contributed by atoms with Crippen molar-refractivity contribution >= 4 is 23.0 Å².